The first-order chi connectivity index (χ1) is 15.4. The number of halogens is 1. The van der Waals surface area contributed by atoms with Crippen LogP contribution in [-0.4, -0.2) is 30.3 Å². The molecule has 0 fully saturated rings. The van der Waals surface area contributed by atoms with Crippen LogP contribution in [0.1, 0.15) is 50.1 Å². The lowest BCUT2D eigenvalue weighted by atomic mass is 9.93. The van der Waals surface area contributed by atoms with Crippen LogP contribution >= 0.6 is 11.6 Å². The largest absolute Gasteiger partial charge is 0.387 e. The summed E-state index contributed by atoms with van der Waals surface area (Å²) in [6.07, 6.45) is 4.69. The van der Waals surface area contributed by atoms with Gasteiger partial charge in [0.2, 0.25) is 0 Å². The highest BCUT2D eigenvalue weighted by atomic mass is 35.5. The molecule has 0 amide bonds. The molecule has 2 aromatic heterocycles. The van der Waals surface area contributed by atoms with Crippen molar-refractivity contribution in [3.63, 3.8) is 0 Å². The minimum absolute atomic E-state index is 0.0469. The van der Waals surface area contributed by atoms with E-state index in [1.807, 2.05) is 35.9 Å². The summed E-state index contributed by atoms with van der Waals surface area (Å²) in [6, 6.07) is 10.9. The summed E-state index contributed by atoms with van der Waals surface area (Å²) in [7, 11) is 3.56. The first-order valence-corrected chi connectivity index (χ1v) is 11.2. The highest BCUT2D eigenvalue weighted by Gasteiger charge is 2.26. The van der Waals surface area contributed by atoms with Gasteiger partial charge in [0.05, 0.1) is 5.71 Å². The zero-order chi connectivity index (χ0) is 22.7. The normalized spacial score (nSPS) is 16.6. The second kappa shape index (κ2) is 9.65. The lowest BCUT2D eigenvalue weighted by Crippen LogP contribution is -2.18. The van der Waals surface area contributed by atoms with E-state index in [-0.39, 0.29) is 11.7 Å². The second-order valence-electron chi connectivity index (χ2n) is 8.26. The van der Waals surface area contributed by atoms with Crippen molar-refractivity contribution in [2.24, 2.45) is 25.2 Å². The molecular weight excluding hydrogens is 428 g/mol. The fourth-order valence-corrected chi connectivity index (χ4v) is 4.10. The summed E-state index contributed by atoms with van der Waals surface area (Å²) in [5, 5.41) is 17.9. The Morgan fingerprint density at radius 1 is 1.19 bits per heavy atom. The molecule has 3 aromatic rings. The molecule has 2 atom stereocenters. The summed E-state index contributed by atoms with van der Waals surface area (Å²) in [5.74, 6) is 1.93. The lowest BCUT2D eigenvalue weighted by molar-refractivity contribution is 0.0857. The standard InChI is InChI=1S/C23H27ClN6O2/c1-15(19-14-20(32-28-19)16-8-6-9-17(24)13-16)7-4-5-10-21-25-26-23(29(21)2)18-11-12-22(31)30(3)27-18/h6,8-9,11-13,15,20H,4-5,7,10,14H2,1-3H3/t15-,20?/m1/s1. The minimum atomic E-state index is -0.151. The molecule has 3 heterocycles. The Hall–Kier alpha value is -3.00. The van der Waals surface area contributed by atoms with Crippen molar-refractivity contribution < 1.29 is 4.84 Å². The Morgan fingerprint density at radius 2 is 2.03 bits per heavy atom. The van der Waals surface area contributed by atoms with Gasteiger partial charge in [-0.3, -0.25) is 4.79 Å². The van der Waals surface area contributed by atoms with E-state index in [9.17, 15) is 4.79 Å². The molecule has 32 heavy (non-hydrogen) atoms. The molecule has 0 aliphatic carbocycles. The average molecular weight is 455 g/mol. The van der Waals surface area contributed by atoms with Gasteiger partial charge in [-0.2, -0.15) is 5.10 Å². The van der Waals surface area contributed by atoms with Crippen molar-refractivity contribution in [3.8, 4) is 11.5 Å². The summed E-state index contributed by atoms with van der Waals surface area (Å²) < 4.78 is 3.25. The highest BCUT2D eigenvalue weighted by molar-refractivity contribution is 6.30. The summed E-state index contributed by atoms with van der Waals surface area (Å²) in [6.45, 7) is 2.20. The van der Waals surface area contributed by atoms with Crippen LogP contribution in [0.5, 0.6) is 0 Å². The van der Waals surface area contributed by atoms with E-state index < -0.39 is 0 Å². The van der Waals surface area contributed by atoms with Gasteiger partial charge in [-0.1, -0.05) is 42.2 Å². The van der Waals surface area contributed by atoms with E-state index in [2.05, 4.69) is 27.4 Å². The van der Waals surface area contributed by atoms with E-state index in [0.29, 0.717) is 22.5 Å². The Bertz CT molecular complexity index is 1190. The van der Waals surface area contributed by atoms with Crippen LogP contribution < -0.4 is 5.56 Å². The smallest absolute Gasteiger partial charge is 0.266 e. The van der Waals surface area contributed by atoms with Crippen LogP contribution in [-0.2, 0) is 25.4 Å². The van der Waals surface area contributed by atoms with E-state index in [4.69, 9.17) is 16.4 Å². The zero-order valence-corrected chi connectivity index (χ0v) is 19.3. The van der Waals surface area contributed by atoms with Crippen LogP contribution in [0.15, 0.2) is 46.3 Å². The van der Waals surface area contributed by atoms with Crippen molar-refractivity contribution >= 4 is 17.3 Å². The Kier molecular flexibility index (Phi) is 6.69. The van der Waals surface area contributed by atoms with Gasteiger partial charge in [0.25, 0.3) is 5.56 Å². The third-order valence-corrected chi connectivity index (χ3v) is 6.16. The maximum Gasteiger partial charge on any atom is 0.266 e. The molecule has 0 N–H and O–H groups in total. The maximum absolute atomic E-state index is 11.6. The van der Waals surface area contributed by atoms with Gasteiger partial charge >= 0.3 is 0 Å². The Morgan fingerprint density at radius 3 is 2.81 bits per heavy atom. The molecule has 0 saturated carbocycles. The predicted octanol–water partition coefficient (Wildman–Crippen LogP) is 4.10. The van der Waals surface area contributed by atoms with Gasteiger partial charge < -0.3 is 9.40 Å². The highest BCUT2D eigenvalue weighted by Crippen LogP contribution is 2.32. The molecule has 0 spiro atoms. The van der Waals surface area contributed by atoms with E-state index in [1.165, 1.54) is 10.7 Å². The first kappa shape index (κ1) is 22.2. The Labute approximate surface area is 191 Å². The van der Waals surface area contributed by atoms with Gasteiger partial charge in [-0.25, -0.2) is 4.68 Å². The molecule has 0 radical (unpaired) electrons. The number of aryl methyl sites for hydroxylation is 2. The van der Waals surface area contributed by atoms with Gasteiger partial charge in [0.15, 0.2) is 11.9 Å². The third-order valence-electron chi connectivity index (χ3n) is 5.92. The number of benzene rings is 1. The van der Waals surface area contributed by atoms with E-state index >= 15 is 0 Å². The molecule has 8 nitrogen and oxygen atoms in total. The SMILES string of the molecule is C[C@H](CCCCc1nnc(-c2ccc(=O)n(C)n2)n1C)C1=NOC(c2cccc(Cl)c2)C1. The van der Waals surface area contributed by atoms with Crippen molar-refractivity contribution in [2.75, 3.05) is 0 Å². The second-order valence-corrected chi connectivity index (χ2v) is 8.70. The van der Waals surface area contributed by atoms with Crippen LogP contribution in [0.2, 0.25) is 5.02 Å². The quantitative estimate of drug-likeness (QED) is 0.478. The number of oxime groups is 1. The molecule has 0 bridgehead atoms. The molecule has 0 saturated heterocycles. The molecule has 4 rings (SSSR count). The molecule has 1 aromatic carbocycles. The molecular formula is C23H27ClN6O2. The van der Waals surface area contributed by atoms with Gasteiger partial charge in [0.1, 0.15) is 11.5 Å². The fraction of sp³-hybridized carbons (Fsp3) is 0.435. The number of nitrogens with zero attached hydrogens (tertiary/aromatic N) is 6. The number of rotatable bonds is 8. The fourth-order valence-electron chi connectivity index (χ4n) is 3.90. The van der Waals surface area contributed by atoms with Crippen molar-refractivity contribution in [3.05, 3.63) is 63.2 Å². The molecule has 1 aliphatic heterocycles. The summed E-state index contributed by atoms with van der Waals surface area (Å²) in [5.41, 5.74) is 2.66. The first-order valence-electron chi connectivity index (χ1n) is 10.8. The lowest BCUT2D eigenvalue weighted by Gasteiger charge is -2.11. The van der Waals surface area contributed by atoms with Crippen LogP contribution in [0.25, 0.3) is 11.5 Å². The predicted molar refractivity (Wildman–Crippen MR) is 124 cm³/mol. The van der Waals surface area contributed by atoms with Crippen LogP contribution in [0.3, 0.4) is 0 Å². The van der Waals surface area contributed by atoms with Gasteiger partial charge in [-0.05, 0) is 42.5 Å². The topological polar surface area (TPSA) is 87.2 Å². The van der Waals surface area contributed by atoms with Crippen LogP contribution in [0.4, 0.5) is 0 Å². The van der Waals surface area contributed by atoms with Crippen molar-refractivity contribution in [2.45, 2.75) is 45.1 Å². The number of aromatic nitrogens is 5. The zero-order valence-electron chi connectivity index (χ0n) is 18.5. The monoisotopic (exact) mass is 454 g/mol. The van der Waals surface area contributed by atoms with E-state index in [0.717, 1.165) is 49.2 Å². The van der Waals surface area contributed by atoms with Crippen molar-refractivity contribution in [1.29, 1.82) is 0 Å². The van der Waals surface area contributed by atoms with E-state index in [1.54, 1.807) is 13.1 Å². The van der Waals surface area contributed by atoms with Gasteiger partial charge in [-0.15, -0.1) is 10.2 Å². The summed E-state index contributed by atoms with van der Waals surface area (Å²) >= 11 is 6.10. The maximum atomic E-state index is 11.6. The summed E-state index contributed by atoms with van der Waals surface area (Å²) in [4.78, 5) is 17.2. The number of unbranched alkanes of at least 4 members (excludes halogenated alkanes) is 1. The molecule has 9 heteroatoms. The minimum Gasteiger partial charge on any atom is -0.387 e. The third kappa shape index (κ3) is 4.91. The average Bonchev–Trinajstić information content (AvgIpc) is 3.41. The molecule has 1 unspecified atom stereocenters. The van der Waals surface area contributed by atoms with Crippen LogP contribution in [0, 0.1) is 5.92 Å². The number of hydrogen-bond donors (Lipinski definition) is 0. The Balaban J connectivity index is 1.26. The number of hydrogen-bond acceptors (Lipinski definition) is 6. The molecule has 168 valence electrons. The molecule has 1 aliphatic rings. The van der Waals surface area contributed by atoms with Crippen molar-refractivity contribution in [1.82, 2.24) is 24.5 Å². The van der Waals surface area contributed by atoms with Gasteiger partial charge in [0, 0.05) is 38.0 Å².